The summed E-state index contributed by atoms with van der Waals surface area (Å²) >= 11 is 0. The lowest BCUT2D eigenvalue weighted by Crippen LogP contribution is -2.38. The molecule has 136 valence electrons. The van der Waals surface area contributed by atoms with E-state index in [2.05, 4.69) is 10.3 Å². The Bertz CT molecular complexity index is 723. The molecule has 0 bridgehead atoms. The molecule has 0 fully saturated rings. The third kappa shape index (κ3) is 5.32. The second-order valence-corrected chi connectivity index (χ2v) is 6.15. The first-order valence-corrected chi connectivity index (χ1v) is 8.78. The van der Waals surface area contributed by atoms with Crippen molar-refractivity contribution in [2.24, 2.45) is 0 Å². The van der Waals surface area contributed by atoms with Crippen molar-refractivity contribution in [3.63, 3.8) is 0 Å². The van der Waals surface area contributed by atoms with Crippen LogP contribution in [0, 0.1) is 0 Å². The van der Waals surface area contributed by atoms with E-state index in [4.69, 9.17) is 4.74 Å². The van der Waals surface area contributed by atoms with Crippen LogP contribution in [0.3, 0.4) is 0 Å². The third-order valence-electron chi connectivity index (χ3n) is 3.95. The molecule has 1 aromatic heterocycles. The van der Waals surface area contributed by atoms with Crippen LogP contribution in [0.25, 0.3) is 10.9 Å². The van der Waals surface area contributed by atoms with E-state index in [1.54, 1.807) is 6.07 Å². The number of aromatic nitrogens is 1. The summed E-state index contributed by atoms with van der Waals surface area (Å²) in [6.07, 6.45) is 4.70. The van der Waals surface area contributed by atoms with Crippen molar-refractivity contribution >= 4 is 22.8 Å². The van der Waals surface area contributed by atoms with Crippen LogP contribution in [-0.2, 0) is 16.0 Å². The largest absolute Gasteiger partial charge is 0.427 e. The first-order chi connectivity index (χ1) is 12.1. The molecule has 0 aliphatic rings. The van der Waals surface area contributed by atoms with E-state index < -0.39 is 0 Å². The van der Waals surface area contributed by atoms with Gasteiger partial charge < -0.3 is 20.1 Å². The minimum absolute atomic E-state index is 0.0597. The molecule has 1 amide bonds. The van der Waals surface area contributed by atoms with E-state index in [9.17, 15) is 14.7 Å². The van der Waals surface area contributed by atoms with Gasteiger partial charge in [-0.25, -0.2) is 0 Å². The molecule has 2 aromatic rings. The number of rotatable bonds is 9. The smallest absolute Gasteiger partial charge is 0.311 e. The average molecular weight is 346 g/mol. The zero-order chi connectivity index (χ0) is 18.2. The number of hydrogen-bond donors (Lipinski definition) is 3. The number of aliphatic hydroxyl groups is 1. The average Bonchev–Trinajstić information content (AvgIpc) is 2.97. The molecule has 0 radical (unpaired) electrons. The van der Waals surface area contributed by atoms with E-state index in [0.717, 1.165) is 29.3 Å². The van der Waals surface area contributed by atoms with Gasteiger partial charge in [0, 0.05) is 29.9 Å². The van der Waals surface area contributed by atoms with Crippen LogP contribution in [0.1, 0.15) is 45.1 Å². The van der Waals surface area contributed by atoms with Crippen LogP contribution in [-0.4, -0.2) is 34.6 Å². The molecule has 2 rings (SSSR count). The van der Waals surface area contributed by atoms with Crippen molar-refractivity contribution in [1.82, 2.24) is 10.3 Å². The Kier molecular flexibility index (Phi) is 7.01. The minimum Gasteiger partial charge on any atom is -0.427 e. The molecule has 0 unspecified atom stereocenters. The van der Waals surface area contributed by atoms with Gasteiger partial charge in [0.1, 0.15) is 5.75 Å². The molecule has 1 aromatic carbocycles. The Morgan fingerprint density at radius 3 is 2.68 bits per heavy atom. The molecule has 6 nitrogen and oxygen atoms in total. The van der Waals surface area contributed by atoms with E-state index in [0.29, 0.717) is 25.0 Å². The lowest BCUT2D eigenvalue weighted by Gasteiger charge is -2.16. The number of ether oxygens (including phenoxy) is 1. The Morgan fingerprint density at radius 1 is 1.24 bits per heavy atom. The number of carbonyl (C=O) groups excluding carboxylic acids is 2. The number of benzene rings is 1. The first kappa shape index (κ1) is 19.0. The topological polar surface area (TPSA) is 91.4 Å². The lowest BCUT2D eigenvalue weighted by atomic mass is 10.0. The zero-order valence-corrected chi connectivity index (χ0v) is 14.8. The molecule has 25 heavy (non-hydrogen) atoms. The molecule has 0 saturated heterocycles. The van der Waals surface area contributed by atoms with Gasteiger partial charge >= 0.3 is 5.97 Å². The molecule has 0 aliphatic heterocycles. The quantitative estimate of drug-likeness (QED) is 0.481. The maximum atomic E-state index is 11.8. The highest BCUT2D eigenvalue weighted by Gasteiger charge is 2.15. The maximum Gasteiger partial charge on any atom is 0.311 e. The van der Waals surface area contributed by atoms with Gasteiger partial charge in [0.05, 0.1) is 12.6 Å². The fourth-order valence-electron chi connectivity index (χ4n) is 2.73. The summed E-state index contributed by atoms with van der Waals surface area (Å²) in [5.41, 5.74) is 1.88. The molecule has 0 saturated carbocycles. The molecule has 0 spiro atoms. The molecule has 0 aliphatic carbocycles. The lowest BCUT2D eigenvalue weighted by molar-refractivity contribution is -0.134. The fraction of sp³-hybridized carbons (Fsp3) is 0.474. The predicted octanol–water partition coefficient (Wildman–Crippen LogP) is 2.69. The van der Waals surface area contributed by atoms with E-state index in [1.165, 1.54) is 0 Å². The summed E-state index contributed by atoms with van der Waals surface area (Å²) in [6, 6.07) is 5.08. The van der Waals surface area contributed by atoms with E-state index in [-0.39, 0.29) is 24.5 Å². The summed E-state index contributed by atoms with van der Waals surface area (Å²) in [5.74, 6) is 0.192. The Morgan fingerprint density at radius 2 is 2.00 bits per heavy atom. The predicted molar refractivity (Wildman–Crippen MR) is 96.5 cm³/mol. The summed E-state index contributed by atoms with van der Waals surface area (Å²) in [5, 5.41) is 13.3. The summed E-state index contributed by atoms with van der Waals surface area (Å²) in [7, 11) is 0. The van der Waals surface area contributed by atoms with E-state index >= 15 is 0 Å². The number of carbonyl (C=O) groups is 2. The SMILES string of the molecule is CCCC(=O)N[C@H](CO)Cc1c[nH]c2ccc(OC(=O)CCC)cc12. The van der Waals surface area contributed by atoms with Gasteiger partial charge in [-0.05, 0) is 43.0 Å². The van der Waals surface area contributed by atoms with Crippen LogP contribution >= 0.6 is 0 Å². The molecule has 1 heterocycles. The molecule has 6 heteroatoms. The van der Waals surface area contributed by atoms with Gasteiger partial charge in [-0.2, -0.15) is 0 Å². The fourth-order valence-corrected chi connectivity index (χ4v) is 2.73. The highest BCUT2D eigenvalue weighted by molar-refractivity contribution is 5.85. The van der Waals surface area contributed by atoms with Crippen LogP contribution in [0.5, 0.6) is 5.75 Å². The molecular formula is C19H26N2O4. The number of nitrogens with one attached hydrogen (secondary N) is 2. The van der Waals surface area contributed by atoms with Crippen molar-refractivity contribution in [2.45, 2.75) is 52.0 Å². The number of H-pyrrole nitrogens is 1. The van der Waals surface area contributed by atoms with Crippen molar-refractivity contribution in [3.8, 4) is 5.75 Å². The van der Waals surface area contributed by atoms with Crippen molar-refractivity contribution in [2.75, 3.05) is 6.61 Å². The normalized spacial score (nSPS) is 12.1. The molecule has 1 atom stereocenters. The number of esters is 1. The first-order valence-electron chi connectivity index (χ1n) is 8.78. The standard InChI is InChI=1S/C19H26N2O4/c1-3-5-18(23)21-14(12-22)9-13-11-20-17-8-7-15(10-16(13)17)25-19(24)6-4-2/h7-8,10-11,14,20,22H,3-6,9,12H2,1-2H3,(H,21,23)/t14-/m0/s1. The third-order valence-corrected chi connectivity index (χ3v) is 3.95. The van der Waals surface area contributed by atoms with Gasteiger partial charge in [-0.3, -0.25) is 9.59 Å². The van der Waals surface area contributed by atoms with Crippen molar-refractivity contribution in [1.29, 1.82) is 0 Å². The highest BCUT2D eigenvalue weighted by Crippen LogP contribution is 2.25. The second kappa shape index (κ2) is 9.22. The second-order valence-electron chi connectivity index (χ2n) is 6.15. The molecular weight excluding hydrogens is 320 g/mol. The summed E-state index contributed by atoms with van der Waals surface area (Å²) < 4.78 is 5.34. The van der Waals surface area contributed by atoms with Crippen LogP contribution < -0.4 is 10.1 Å². The van der Waals surface area contributed by atoms with Crippen LogP contribution in [0.15, 0.2) is 24.4 Å². The number of fused-ring (bicyclic) bond motifs is 1. The number of hydrogen-bond acceptors (Lipinski definition) is 4. The van der Waals surface area contributed by atoms with Gasteiger partial charge in [-0.1, -0.05) is 13.8 Å². The zero-order valence-electron chi connectivity index (χ0n) is 14.8. The Balaban J connectivity index is 2.14. The van der Waals surface area contributed by atoms with Crippen molar-refractivity contribution in [3.05, 3.63) is 30.0 Å². The van der Waals surface area contributed by atoms with Gasteiger partial charge in [0.2, 0.25) is 5.91 Å². The Labute approximate surface area is 147 Å². The minimum atomic E-state index is -0.343. The van der Waals surface area contributed by atoms with E-state index in [1.807, 2.05) is 32.2 Å². The number of amides is 1. The van der Waals surface area contributed by atoms with Crippen LogP contribution in [0.2, 0.25) is 0 Å². The summed E-state index contributed by atoms with van der Waals surface area (Å²) in [6.45, 7) is 3.73. The monoisotopic (exact) mass is 346 g/mol. The maximum absolute atomic E-state index is 11.8. The van der Waals surface area contributed by atoms with Gasteiger partial charge in [0.15, 0.2) is 0 Å². The van der Waals surface area contributed by atoms with Crippen molar-refractivity contribution < 1.29 is 19.4 Å². The van der Waals surface area contributed by atoms with Crippen LogP contribution in [0.4, 0.5) is 0 Å². The number of aliphatic hydroxyl groups excluding tert-OH is 1. The Hall–Kier alpha value is -2.34. The van der Waals surface area contributed by atoms with Gasteiger partial charge in [0.25, 0.3) is 0 Å². The summed E-state index contributed by atoms with van der Waals surface area (Å²) in [4.78, 5) is 26.6. The highest BCUT2D eigenvalue weighted by atomic mass is 16.5. The number of aromatic amines is 1. The van der Waals surface area contributed by atoms with Gasteiger partial charge in [-0.15, -0.1) is 0 Å². The molecule has 3 N–H and O–H groups in total.